The molecule has 0 unspecified atom stereocenters. The van der Waals surface area contributed by atoms with Gasteiger partial charge in [0.25, 0.3) is 0 Å². The van der Waals surface area contributed by atoms with Gasteiger partial charge < -0.3 is 10.5 Å². The Kier molecular flexibility index (Phi) is 5.63. The summed E-state index contributed by atoms with van der Waals surface area (Å²) in [5, 5.41) is 0. The van der Waals surface area contributed by atoms with Gasteiger partial charge in [-0.1, -0.05) is 6.07 Å². The van der Waals surface area contributed by atoms with Gasteiger partial charge in [-0.05, 0) is 43.0 Å². The zero-order valence-electron chi connectivity index (χ0n) is 9.70. The van der Waals surface area contributed by atoms with E-state index in [0.29, 0.717) is 12.4 Å². The molecule has 0 radical (unpaired) electrons. The summed E-state index contributed by atoms with van der Waals surface area (Å²) in [5.41, 5.74) is 6.45. The highest BCUT2D eigenvalue weighted by Gasteiger charge is 2.06. The zero-order chi connectivity index (χ0) is 12.0. The summed E-state index contributed by atoms with van der Waals surface area (Å²) in [6.07, 6.45) is 2.97. The average Bonchev–Trinajstić information content (AvgIpc) is 2.26. The molecular formula is C12H18FNOS. The van der Waals surface area contributed by atoms with Gasteiger partial charge in [-0.25, -0.2) is 4.39 Å². The van der Waals surface area contributed by atoms with E-state index in [1.807, 2.05) is 13.2 Å². The van der Waals surface area contributed by atoms with Crippen LogP contribution in [0.2, 0.25) is 0 Å². The van der Waals surface area contributed by atoms with Crippen LogP contribution in [0.4, 0.5) is 4.39 Å². The van der Waals surface area contributed by atoms with E-state index in [0.717, 1.165) is 17.7 Å². The lowest BCUT2D eigenvalue weighted by atomic mass is 10.1. The summed E-state index contributed by atoms with van der Waals surface area (Å²) in [6.45, 7) is 2.38. The van der Waals surface area contributed by atoms with Crippen LogP contribution in [0, 0.1) is 5.82 Å². The Balaban J connectivity index is 2.54. The molecule has 1 atom stereocenters. The van der Waals surface area contributed by atoms with Gasteiger partial charge in [-0.2, -0.15) is 11.8 Å². The minimum absolute atomic E-state index is 0.153. The minimum atomic E-state index is -0.334. The standard InChI is InChI=1S/C12H18FNOS/c1-9(14)10-4-5-12(11(13)8-10)15-6-3-7-16-2/h4-5,8-9H,3,6-7,14H2,1-2H3/t9-/m1/s1. The Morgan fingerprint density at radius 1 is 1.50 bits per heavy atom. The Hall–Kier alpha value is -0.740. The second kappa shape index (κ2) is 6.76. The van der Waals surface area contributed by atoms with Crippen molar-refractivity contribution < 1.29 is 9.13 Å². The lowest BCUT2D eigenvalue weighted by Gasteiger charge is -2.10. The monoisotopic (exact) mass is 243 g/mol. The second-order valence-corrected chi connectivity index (χ2v) is 4.66. The van der Waals surface area contributed by atoms with Crippen molar-refractivity contribution in [3.63, 3.8) is 0 Å². The van der Waals surface area contributed by atoms with Crippen LogP contribution < -0.4 is 10.5 Å². The van der Waals surface area contributed by atoms with Crippen molar-refractivity contribution in [2.75, 3.05) is 18.6 Å². The molecule has 0 heterocycles. The molecule has 2 N–H and O–H groups in total. The fourth-order valence-electron chi connectivity index (χ4n) is 1.30. The molecule has 0 fully saturated rings. The van der Waals surface area contributed by atoms with Gasteiger partial charge in [-0.3, -0.25) is 0 Å². The predicted molar refractivity (Wildman–Crippen MR) is 67.5 cm³/mol. The summed E-state index contributed by atoms with van der Waals surface area (Å²) < 4.78 is 18.9. The Bertz CT molecular complexity index is 331. The van der Waals surface area contributed by atoms with Crippen molar-refractivity contribution in [2.24, 2.45) is 5.73 Å². The third kappa shape index (κ3) is 4.02. The molecule has 0 saturated heterocycles. The summed E-state index contributed by atoms with van der Waals surface area (Å²) in [5.74, 6) is 1.00. The number of halogens is 1. The average molecular weight is 243 g/mol. The van der Waals surface area contributed by atoms with Crippen molar-refractivity contribution >= 4 is 11.8 Å². The van der Waals surface area contributed by atoms with Gasteiger partial charge in [-0.15, -0.1) is 0 Å². The molecule has 0 aromatic heterocycles. The first-order valence-corrected chi connectivity index (χ1v) is 6.71. The molecule has 0 saturated carbocycles. The molecule has 2 nitrogen and oxygen atoms in total. The molecule has 90 valence electrons. The number of ether oxygens (including phenoxy) is 1. The van der Waals surface area contributed by atoms with Gasteiger partial charge in [0.2, 0.25) is 0 Å². The van der Waals surface area contributed by atoms with Crippen molar-refractivity contribution in [1.29, 1.82) is 0 Å². The van der Waals surface area contributed by atoms with Crippen LogP contribution in [-0.2, 0) is 0 Å². The maximum absolute atomic E-state index is 13.5. The molecule has 4 heteroatoms. The van der Waals surface area contributed by atoms with E-state index >= 15 is 0 Å². The van der Waals surface area contributed by atoms with E-state index in [1.165, 1.54) is 6.07 Å². The number of hydrogen-bond donors (Lipinski definition) is 1. The molecule has 1 aromatic rings. The third-order valence-corrected chi connectivity index (χ3v) is 2.93. The lowest BCUT2D eigenvalue weighted by Crippen LogP contribution is -2.06. The largest absolute Gasteiger partial charge is 0.490 e. The number of nitrogens with two attached hydrogens (primary N) is 1. The Labute approximate surface area is 100 Å². The lowest BCUT2D eigenvalue weighted by molar-refractivity contribution is 0.302. The van der Waals surface area contributed by atoms with Gasteiger partial charge >= 0.3 is 0 Å². The van der Waals surface area contributed by atoms with Gasteiger partial charge in [0, 0.05) is 6.04 Å². The highest BCUT2D eigenvalue weighted by Crippen LogP contribution is 2.21. The van der Waals surface area contributed by atoms with E-state index in [4.69, 9.17) is 10.5 Å². The van der Waals surface area contributed by atoms with Crippen molar-refractivity contribution in [3.8, 4) is 5.75 Å². The number of thioether (sulfide) groups is 1. The summed E-state index contributed by atoms with van der Waals surface area (Å²) in [7, 11) is 0. The SMILES string of the molecule is CSCCCOc1ccc([C@@H](C)N)cc1F. The van der Waals surface area contributed by atoms with Crippen LogP contribution in [0.1, 0.15) is 24.9 Å². The van der Waals surface area contributed by atoms with Crippen molar-refractivity contribution in [1.82, 2.24) is 0 Å². The highest BCUT2D eigenvalue weighted by atomic mass is 32.2. The van der Waals surface area contributed by atoms with Crippen LogP contribution in [0.5, 0.6) is 5.75 Å². The highest BCUT2D eigenvalue weighted by molar-refractivity contribution is 7.98. The van der Waals surface area contributed by atoms with Gasteiger partial charge in [0.05, 0.1) is 6.61 Å². The van der Waals surface area contributed by atoms with E-state index < -0.39 is 0 Å². The molecular weight excluding hydrogens is 225 g/mol. The first kappa shape index (κ1) is 13.3. The molecule has 0 aliphatic carbocycles. The number of rotatable bonds is 6. The first-order valence-electron chi connectivity index (χ1n) is 5.32. The number of hydrogen-bond acceptors (Lipinski definition) is 3. The van der Waals surface area contributed by atoms with Gasteiger partial charge in [0.15, 0.2) is 11.6 Å². The molecule has 0 aliphatic heterocycles. The number of benzene rings is 1. The Morgan fingerprint density at radius 3 is 2.81 bits per heavy atom. The summed E-state index contributed by atoms with van der Waals surface area (Å²) in [4.78, 5) is 0. The van der Waals surface area contributed by atoms with Crippen LogP contribution in [0.3, 0.4) is 0 Å². The van der Waals surface area contributed by atoms with Crippen LogP contribution in [0.15, 0.2) is 18.2 Å². The fraction of sp³-hybridized carbons (Fsp3) is 0.500. The topological polar surface area (TPSA) is 35.2 Å². The van der Waals surface area contributed by atoms with Crippen molar-refractivity contribution in [2.45, 2.75) is 19.4 Å². The summed E-state index contributed by atoms with van der Waals surface area (Å²) >= 11 is 1.76. The first-order chi connectivity index (χ1) is 7.65. The summed E-state index contributed by atoms with van der Waals surface area (Å²) in [6, 6.07) is 4.74. The molecule has 1 rings (SSSR count). The maximum Gasteiger partial charge on any atom is 0.165 e. The van der Waals surface area contributed by atoms with Crippen LogP contribution >= 0.6 is 11.8 Å². The van der Waals surface area contributed by atoms with Crippen molar-refractivity contribution in [3.05, 3.63) is 29.6 Å². The normalized spacial score (nSPS) is 12.5. The maximum atomic E-state index is 13.5. The molecule has 0 amide bonds. The molecule has 0 spiro atoms. The smallest absolute Gasteiger partial charge is 0.165 e. The third-order valence-electron chi connectivity index (χ3n) is 2.23. The quantitative estimate of drug-likeness (QED) is 0.780. The van der Waals surface area contributed by atoms with E-state index in [2.05, 4.69) is 0 Å². The zero-order valence-corrected chi connectivity index (χ0v) is 10.5. The molecule has 1 aromatic carbocycles. The van der Waals surface area contributed by atoms with Crippen LogP contribution in [-0.4, -0.2) is 18.6 Å². The fourth-order valence-corrected chi connectivity index (χ4v) is 1.71. The minimum Gasteiger partial charge on any atom is -0.490 e. The van der Waals surface area contributed by atoms with E-state index in [9.17, 15) is 4.39 Å². The van der Waals surface area contributed by atoms with E-state index in [-0.39, 0.29) is 11.9 Å². The Morgan fingerprint density at radius 2 is 2.25 bits per heavy atom. The predicted octanol–water partition coefficient (Wildman–Crippen LogP) is 2.98. The molecule has 0 bridgehead atoms. The second-order valence-electron chi connectivity index (χ2n) is 3.67. The van der Waals surface area contributed by atoms with Crippen LogP contribution in [0.25, 0.3) is 0 Å². The molecule has 16 heavy (non-hydrogen) atoms. The molecule has 0 aliphatic rings. The van der Waals surface area contributed by atoms with E-state index in [1.54, 1.807) is 23.9 Å². The van der Waals surface area contributed by atoms with Gasteiger partial charge in [0.1, 0.15) is 0 Å².